The van der Waals surface area contributed by atoms with E-state index in [4.69, 9.17) is 4.74 Å². The molecule has 3 heteroatoms. The molecule has 0 saturated carbocycles. The van der Waals surface area contributed by atoms with Crippen molar-refractivity contribution < 1.29 is 9.53 Å². The molecule has 1 aliphatic heterocycles. The Kier molecular flexibility index (Phi) is 3.79. The van der Waals surface area contributed by atoms with Crippen molar-refractivity contribution >= 4 is 12.0 Å². The van der Waals surface area contributed by atoms with Crippen LogP contribution in [0.5, 0.6) is 0 Å². The highest BCUT2D eigenvalue weighted by Gasteiger charge is 2.33. The Morgan fingerprint density at radius 2 is 2.18 bits per heavy atom. The number of benzene rings is 1. The largest absolute Gasteiger partial charge is 0.380 e. The lowest BCUT2D eigenvalue weighted by molar-refractivity contribution is -0.122. The first-order chi connectivity index (χ1) is 8.26. The fraction of sp³-hybridized carbons (Fsp3) is 0.500. The van der Waals surface area contributed by atoms with Gasteiger partial charge in [-0.05, 0) is 25.0 Å². The van der Waals surface area contributed by atoms with Gasteiger partial charge >= 0.3 is 0 Å². The summed E-state index contributed by atoms with van der Waals surface area (Å²) in [5.41, 5.74) is 0.808. The molecule has 1 fully saturated rings. The Hall–Kier alpha value is -1.35. The van der Waals surface area contributed by atoms with Crippen LogP contribution in [0.4, 0.5) is 5.69 Å². The second-order valence-electron chi connectivity index (χ2n) is 4.83. The van der Waals surface area contributed by atoms with Gasteiger partial charge < -0.3 is 14.4 Å². The minimum absolute atomic E-state index is 0.331. The summed E-state index contributed by atoms with van der Waals surface area (Å²) in [6, 6.07) is 10.1. The van der Waals surface area contributed by atoms with Gasteiger partial charge in [0.05, 0.1) is 12.0 Å². The molecule has 0 radical (unpaired) electrons. The summed E-state index contributed by atoms with van der Waals surface area (Å²) < 4.78 is 5.46. The molecule has 0 N–H and O–H groups in total. The molecule has 1 atom stereocenters. The van der Waals surface area contributed by atoms with Crippen LogP contribution in [0.3, 0.4) is 0 Å². The fourth-order valence-corrected chi connectivity index (χ4v) is 2.37. The van der Waals surface area contributed by atoms with Crippen LogP contribution < -0.4 is 4.90 Å². The van der Waals surface area contributed by atoms with E-state index < -0.39 is 0 Å². The molecule has 0 bridgehead atoms. The predicted octanol–water partition coefficient (Wildman–Crippen LogP) is 2.12. The van der Waals surface area contributed by atoms with Crippen molar-refractivity contribution in [2.75, 3.05) is 31.7 Å². The van der Waals surface area contributed by atoms with E-state index in [0.717, 1.165) is 38.0 Å². The number of aldehydes is 1. The van der Waals surface area contributed by atoms with Crippen LogP contribution in [-0.2, 0) is 9.53 Å². The molecular formula is C14H19NO2. The standard InChI is InChI=1S/C14H19NO2/c1-15(13-6-3-2-4-7-13)10-14(11-16)8-5-9-17-12-14/h2-4,6-7,11H,5,8-10,12H2,1H3. The molecule has 3 nitrogen and oxygen atoms in total. The van der Waals surface area contributed by atoms with E-state index in [1.807, 2.05) is 25.2 Å². The van der Waals surface area contributed by atoms with Crippen molar-refractivity contribution in [1.82, 2.24) is 0 Å². The zero-order chi connectivity index (χ0) is 12.1. The molecule has 0 spiro atoms. The lowest BCUT2D eigenvalue weighted by Gasteiger charge is -2.36. The maximum absolute atomic E-state index is 11.3. The van der Waals surface area contributed by atoms with Gasteiger partial charge in [0.2, 0.25) is 0 Å². The Labute approximate surface area is 102 Å². The Balaban J connectivity index is 2.06. The molecular weight excluding hydrogens is 214 g/mol. The summed E-state index contributed by atoms with van der Waals surface area (Å²) >= 11 is 0. The highest BCUT2D eigenvalue weighted by Crippen LogP contribution is 2.28. The number of carbonyl (C=O) groups is 1. The molecule has 1 aliphatic rings. The second-order valence-corrected chi connectivity index (χ2v) is 4.83. The smallest absolute Gasteiger partial charge is 0.130 e. The van der Waals surface area contributed by atoms with Gasteiger partial charge in [-0.3, -0.25) is 0 Å². The minimum Gasteiger partial charge on any atom is -0.380 e. The van der Waals surface area contributed by atoms with Crippen LogP contribution >= 0.6 is 0 Å². The van der Waals surface area contributed by atoms with Crippen molar-refractivity contribution in [3.05, 3.63) is 30.3 Å². The quantitative estimate of drug-likeness (QED) is 0.746. The Morgan fingerprint density at radius 3 is 2.76 bits per heavy atom. The summed E-state index contributed by atoms with van der Waals surface area (Å²) in [4.78, 5) is 13.5. The number of rotatable bonds is 4. The predicted molar refractivity (Wildman–Crippen MR) is 68.3 cm³/mol. The Morgan fingerprint density at radius 1 is 1.41 bits per heavy atom. The van der Waals surface area contributed by atoms with Crippen LogP contribution in [0.1, 0.15) is 12.8 Å². The van der Waals surface area contributed by atoms with E-state index in [1.54, 1.807) is 0 Å². The number of hydrogen-bond donors (Lipinski definition) is 0. The maximum atomic E-state index is 11.3. The number of nitrogens with zero attached hydrogens (tertiary/aromatic N) is 1. The van der Waals surface area contributed by atoms with Crippen LogP contribution in [0.15, 0.2) is 30.3 Å². The van der Waals surface area contributed by atoms with Crippen LogP contribution in [0.2, 0.25) is 0 Å². The number of ether oxygens (including phenoxy) is 1. The van der Waals surface area contributed by atoms with E-state index in [-0.39, 0.29) is 5.41 Å². The third-order valence-corrected chi connectivity index (χ3v) is 3.35. The van der Waals surface area contributed by atoms with Crippen molar-refractivity contribution in [1.29, 1.82) is 0 Å². The van der Waals surface area contributed by atoms with Gasteiger partial charge in [-0.1, -0.05) is 18.2 Å². The lowest BCUT2D eigenvalue weighted by Crippen LogP contribution is -2.43. The molecule has 1 heterocycles. The molecule has 0 aromatic heterocycles. The molecule has 2 rings (SSSR count). The third-order valence-electron chi connectivity index (χ3n) is 3.35. The summed E-state index contributed by atoms with van der Waals surface area (Å²) in [6.45, 7) is 2.05. The van der Waals surface area contributed by atoms with E-state index >= 15 is 0 Å². The number of carbonyl (C=O) groups excluding carboxylic acids is 1. The van der Waals surface area contributed by atoms with Gasteiger partial charge in [-0.15, -0.1) is 0 Å². The SMILES string of the molecule is CN(CC1(C=O)CCCOC1)c1ccccc1. The summed E-state index contributed by atoms with van der Waals surface area (Å²) in [6.07, 6.45) is 2.97. The van der Waals surface area contributed by atoms with E-state index in [1.165, 1.54) is 0 Å². The third kappa shape index (κ3) is 2.86. The fourth-order valence-electron chi connectivity index (χ4n) is 2.37. The highest BCUT2D eigenvalue weighted by molar-refractivity contribution is 5.62. The zero-order valence-corrected chi connectivity index (χ0v) is 10.3. The van der Waals surface area contributed by atoms with Gasteiger partial charge in [0.25, 0.3) is 0 Å². The molecule has 1 aromatic rings. The summed E-state index contributed by atoms with van der Waals surface area (Å²) in [5, 5.41) is 0. The van der Waals surface area contributed by atoms with Gasteiger partial charge in [0, 0.05) is 25.9 Å². The molecule has 92 valence electrons. The number of hydrogen-bond acceptors (Lipinski definition) is 3. The van der Waals surface area contributed by atoms with E-state index in [0.29, 0.717) is 6.61 Å². The number of anilines is 1. The first-order valence-electron chi connectivity index (χ1n) is 6.06. The van der Waals surface area contributed by atoms with Crippen molar-refractivity contribution in [2.24, 2.45) is 5.41 Å². The summed E-state index contributed by atoms with van der Waals surface area (Å²) in [7, 11) is 2.02. The topological polar surface area (TPSA) is 29.5 Å². The monoisotopic (exact) mass is 233 g/mol. The first kappa shape index (κ1) is 12.1. The van der Waals surface area contributed by atoms with Crippen LogP contribution in [0, 0.1) is 5.41 Å². The maximum Gasteiger partial charge on any atom is 0.130 e. The summed E-state index contributed by atoms with van der Waals surface area (Å²) in [5.74, 6) is 0. The van der Waals surface area contributed by atoms with E-state index in [9.17, 15) is 4.79 Å². The van der Waals surface area contributed by atoms with Crippen molar-refractivity contribution in [3.63, 3.8) is 0 Å². The molecule has 1 unspecified atom stereocenters. The average molecular weight is 233 g/mol. The molecule has 1 saturated heterocycles. The highest BCUT2D eigenvalue weighted by atomic mass is 16.5. The van der Waals surface area contributed by atoms with Crippen LogP contribution in [-0.4, -0.2) is 33.1 Å². The molecule has 1 aromatic carbocycles. The minimum atomic E-state index is -0.331. The van der Waals surface area contributed by atoms with Gasteiger partial charge in [-0.2, -0.15) is 0 Å². The average Bonchev–Trinajstić information content (AvgIpc) is 2.41. The first-order valence-corrected chi connectivity index (χ1v) is 6.06. The Bertz CT molecular complexity index is 358. The normalized spacial score (nSPS) is 24.3. The number of para-hydroxylation sites is 1. The zero-order valence-electron chi connectivity index (χ0n) is 10.3. The molecule has 0 aliphatic carbocycles. The molecule has 17 heavy (non-hydrogen) atoms. The van der Waals surface area contributed by atoms with Gasteiger partial charge in [0.15, 0.2) is 0 Å². The van der Waals surface area contributed by atoms with Gasteiger partial charge in [-0.25, -0.2) is 0 Å². The second kappa shape index (κ2) is 5.32. The lowest BCUT2D eigenvalue weighted by atomic mass is 9.83. The van der Waals surface area contributed by atoms with E-state index in [2.05, 4.69) is 17.0 Å². The van der Waals surface area contributed by atoms with Crippen molar-refractivity contribution in [3.8, 4) is 0 Å². The molecule has 0 amide bonds. The van der Waals surface area contributed by atoms with Crippen LogP contribution in [0.25, 0.3) is 0 Å². The van der Waals surface area contributed by atoms with Gasteiger partial charge in [0.1, 0.15) is 6.29 Å². The van der Waals surface area contributed by atoms with Crippen molar-refractivity contribution in [2.45, 2.75) is 12.8 Å².